The average molecular weight is 187 g/mol. The molecule has 1 saturated carbocycles. The smallest absolute Gasteiger partial charge is 0.254 e. The van der Waals surface area contributed by atoms with Gasteiger partial charge in [-0.2, -0.15) is 0 Å². The van der Waals surface area contributed by atoms with Gasteiger partial charge < -0.3 is 4.90 Å². The highest BCUT2D eigenvalue weighted by molar-refractivity contribution is 6.01. The Morgan fingerprint density at radius 1 is 1.36 bits per heavy atom. The second-order valence-corrected chi connectivity index (χ2v) is 4.39. The summed E-state index contributed by atoms with van der Waals surface area (Å²) in [6, 6.07) is 6.18. The fraction of sp³-hybridized carbons (Fsp3) is 0.417. The topological polar surface area (TPSA) is 20.3 Å². The van der Waals surface area contributed by atoms with Gasteiger partial charge in [-0.1, -0.05) is 18.2 Å². The summed E-state index contributed by atoms with van der Waals surface area (Å²) < 4.78 is 0. The second-order valence-electron chi connectivity index (χ2n) is 4.39. The van der Waals surface area contributed by atoms with Gasteiger partial charge in [0.15, 0.2) is 0 Å². The van der Waals surface area contributed by atoms with Crippen LogP contribution < -0.4 is 0 Å². The maximum Gasteiger partial charge on any atom is 0.254 e. The first-order valence-corrected chi connectivity index (χ1v) is 5.05. The molecule has 1 heterocycles. The maximum atomic E-state index is 12.0. The van der Waals surface area contributed by atoms with Gasteiger partial charge in [-0.15, -0.1) is 0 Å². The van der Waals surface area contributed by atoms with Crippen molar-refractivity contribution in [2.45, 2.75) is 25.3 Å². The lowest BCUT2D eigenvalue weighted by Crippen LogP contribution is -2.28. The minimum absolute atomic E-state index is 0.0818. The van der Waals surface area contributed by atoms with Gasteiger partial charge in [0.05, 0.1) is 5.54 Å². The number of fused-ring (bicyclic) bond motifs is 2. The SMILES string of the molecule is Cc1cccc2c1C(=O)N(C)C21CC1. The van der Waals surface area contributed by atoms with E-state index >= 15 is 0 Å². The van der Waals surface area contributed by atoms with Crippen LogP contribution in [0.4, 0.5) is 0 Å². The quantitative estimate of drug-likeness (QED) is 0.609. The Balaban J connectivity index is 2.31. The third-order valence-corrected chi connectivity index (χ3v) is 3.66. The Labute approximate surface area is 83.5 Å². The summed E-state index contributed by atoms with van der Waals surface area (Å²) in [5.41, 5.74) is 3.40. The Morgan fingerprint density at radius 2 is 2.07 bits per heavy atom. The number of rotatable bonds is 0. The predicted octanol–water partition coefficient (Wildman–Crippen LogP) is 2.07. The van der Waals surface area contributed by atoms with Crippen molar-refractivity contribution >= 4 is 5.91 Å². The summed E-state index contributed by atoms with van der Waals surface area (Å²) in [4.78, 5) is 13.9. The number of nitrogens with zero attached hydrogens (tertiary/aromatic N) is 1. The molecule has 0 atom stereocenters. The van der Waals surface area contributed by atoms with Gasteiger partial charge >= 0.3 is 0 Å². The van der Waals surface area contributed by atoms with Crippen molar-refractivity contribution in [3.8, 4) is 0 Å². The highest BCUT2D eigenvalue weighted by atomic mass is 16.2. The van der Waals surface area contributed by atoms with Crippen molar-refractivity contribution in [1.82, 2.24) is 4.90 Å². The molecule has 1 aliphatic carbocycles. The first-order chi connectivity index (χ1) is 6.67. The summed E-state index contributed by atoms with van der Waals surface area (Å²) in [5.74, 6) is 0.204. The fourth-order valence-electron chi connectivity index (χ4n) is 2.61. The number of aryl methyl sites for hydroxylation is 1. The van der Waals surface area contributed by atoms with Crippen LogP contribution in [0.2, 0.25) is 0 Å². The molecule has 2 aliphatic rings. The predicted molar refractivity (Wildman–Crippen MR) is 54.2 cm³/mol. The van der Waals surface area contributed by atoms with E-state index in [0.717, 1.165) is 24.0 Å². The van der Waals surface area contributed by atoms with Crippen molar-refractivity contribution in [2.24, 2.45) is 0 Å². The van der Waals surface area contributed by atoms with Crippen molar-refractivity contribution in [1.29, 1.82) is 0 Å². The van der Waals surface area contributed by atoms with Gasteiger partial charge in [0.2, 0.25) is 0 Å². The zero-order valence-electron chi connectivity index (χ0n) is 8.50. The Bertz CT molecular complexity index is 432. The van der Waals surface area contributed by atoms with Gasteiger partial charge in [-0.25, -0.2) is 0 Å². The summed E-state index contributed by atoms with van der Waals surface area (Å²) in [7, 11) is 1.93. The summed E-state index contributed by atoms with van der Waals surface area (Å²) in [5, 5.41) is 0. The largest absolute Gasteiger partial charge is 0.332 e. The van der Waals surface area contributed by atoms with Crippen LogP contribution in [0.15, 0.2) is 18.2 Å². The molecule has 2 heteroatoms. The second kappa shape index (κ2) is 2.19. The van der Waals surface area contributed by atoms with Crippen molar-refractivity contribution in [3.05, 3.63) is 34.9 Å². The number of hydrogen-bond acceptors (Lipinski definition) is 1. The molecule has 1 aliphatic heterocycles. The number of amides is 1. The lowest BCUT2D eigenvalue weighted by Gasteiger charge is -2.18. The molecule has 0 N–H and O–H groups in total. The minimum Gasteiger partial charge on any atom is -0.332 e. The lowest BCUT2D eigenvalue weighted by atomic mass is 9.99. The van der Waals surface area contributed by atoms with Gasteiger partial charge in [-0.3, -0.25) is 4.79 Å². The Hall–Kier alpha value is -1.31. The Kier molecular flexibility index (Phi) is 1.26. The van der Waals surface area contributed by atoms with Crippen LogP contribution in [0, 0.1) is 6.92 Å². The Morgan fingerprint density at radius 3 is 2.71 bits per heavy atom. The van der Waals surface area contributed by atoms with E-state index in [9.17, 15) is 4.79 Å². The standard InChI is InChI=1S/C12H13NO/c1-8-4-3-5-9-10(8)11(14)13(2)12(9)6-7-12/h3-5H,6-7H2,1-2H3. The van der Waals surface area contributed by atoms with Crippen molar-refractivity contribution in [2.75, 3.05) is 7.05 Å². The van der Waals surface area contributed by atoms with E-state index in [0.29, 0.717) is 0 Å². The van der Waals surface area contributed by atoms with E-state index in [1.54, 1.807) is 0 Å². The molecule has 3 rings (SSSR count). The van der Waals surface area contributed by atoms with Crippen molar-refractivity contribution < 1.29 is 4.79 Å². The monoisotopic (exact) mass is 187 g/mol. The maximum absolute atomic E-state index is 12.0. The summed E-state index contributed by atoms with van der Waals surface area (Å²) in [6.07, 6.45) is 2.26. The van der Waals surface area contributed by atoms with Gasteiger partial charge in [0.1, 0.15) is 0 Å². The van der Waals surface area contributed by atoms with Crippen molar-refractivity contribution in [3.63, 3.8) is 0 Å². The number of benzene rings is 1. The van der Waals surface area contributed by atoms with E-state index in [-0.39, 0.29) is 11.4 Å². The third-order valence-electron chi connectivity index (χ3n) is 3.66. The molecule has 0 aromatic heterocycles. The molecule has 1 aromatic carbocycles. The van der Waals surface area contributed by atoms with Crippen LogP contribution in [0.1, 0.15) is 34.3 Å². The van der Waals surface area contributed by atoms with Crippen LogP contribution in [0.5, 0.6) is 0 Å². The zero-order valence-corrected chi connectivity index (χ0v) is 8.50. The molecule has 1 amide bonds. The van der Waals surface area contributed by atoms with Crippen LogP contribution in [-0.2, 0) is 5.54 Å². The molecular weight excluding hydrogens is 174 g/mol. The van der Waals surface area contributed by atoms with Crippen LogP contribution in [0.3, 0.4) is 0 Å². The van der Waals surface area contributed by atoms with E-state index in [4.69, 9.17) is 0 Å². The minimum atomic E-state index is 0.0818. The zero-order chi connectivity index (χ0) is 9.92. The fourth-order valence-corrected chi connectivity index (χ4v) is 2.61. The number of hydrogen-bond donors (Lipinski definition) is 0. The summed E-state index contributed by atoms with van der Waals surface area (Å²) in [6.45, 7) is 2.02. The first-order valence-electron chi connectivity index (χ1n) is 5.05. The molecule has 1 fully saturated rings. The van der Waals surface area contributed by atoms with Gasteiger partial charge in [-0.05, 0) is 30.9 Å². The molecule has 72 valence electrons. The molecule has 1 aromatic rings. The molecule has 0 saturated heterocycles. The van der Waals surface area contributed by atoms with Crippen LogP contribution in [0.25, 0.3) is 0 Å². The number of carbonyl (C=O) groups is 1. The molecule has 14 heavy (non-hydrogen) atoms. The molecule has 0 bridgehead atoms. The van der Waals surface area contributed by atoms with E-state index in [1.165, 1.54) is 5.56 Å². The normalized spacial score (nSPS) is 21.6. The van der Waals surface area contributed by atoms with E-state index < -0.39 is 0 Å². The van der Waals surface area contributed by atoms with Crippen LogP contribution in [-0.4, -0.2) is 17.9 Å². The van der Waals surface area contributed by atoms with E-state index in [2.05, 4.69) is 12.1 Å². The highest BCUT2D eigenvalue weighted by Gasteiger charge is 2.56. The molecule has 0 unspecified atom stereocenters. The van der Waals surface area contributed by atoms with E-state index in [1.807, 2.05) is 24.9 Å². The van der Waals surface area contributed by atoms with Gasteiger partial charge in [0.25, 0.3) is 5.91 Å². The molecular formula is C12H13NO. The highest BCUT2D eigenvalue weighted by Crippen LogP contribution is 2.56. The number of carbonyl (C=O) groups excluding carboxylic acids is 1. The van der Waals surface area contributed by atoms with Gasteiger partial charge in [0, 0.05) is 12.6 Å². The molecule has 2 nitrogen and oxygen atoms in total. The molecule has 0 radical (unpaired) electrons. The van der Waals surface area contributed by atoms with Crippen LogP contribution >= 0.6 is 0 Å². The third kappa shape index (κ3) is 0.707. The molecule has 1 spiro atoms. The average Bonchev–Trinajstić information content (AvgIpc) is 2.92. The summed E-state index contributed by atoms with van der Waals surface area (Å²) >= 11 is 0. The first kappa shape index (κ1) is 8.04. The lowest BCUT2D eigenvalue weighted by molar-refractivity contribution is 0.0755.